The van der Waals surface area contributed by atoms with Gasteiger partial charge in [0.25, 0.3) is 0 Å². The number of benzene rings is 2. The van der Waals surface area contributed by atoms with E-state index in [2.05, 4.69) is 5.32 Å². The minimum Gasteiger partial charge on any atom is -0.507 e. The quantitative estimate of drug-likeness (QED) is 0.154. The Labute approximate surface area is 261 Å². The molecule has 0 bridgehead atoms. The highest BCUT2D eigenvalue weighted by atomic mass is 16.7. The van der Waals surface area contributed by atoms with Gasteiger partial charge in [0.2, 0.25) is 5.91 Å². The van der Waals surface area contributed by atoms with E-state index in [1.54, 1.807) is 0 Å². The number of carbonyl (C=O) groups is 5. The number of aliphatic hydroxyl groups excluding tert-OH is 3. The summed E-state index contributed by atoms with van der Waals surface area (Å²) < 4.78 is 17.0. The van der Waals surface area contributed by atoms with Gasteiger partial charge < -0.3 is 50.2 Å². The van der Waals surface area contributed by atoms with Gasteiger partial charge in [-0.15, -0.1) is 0 Å². The van der Waals surface area contributed by atoms with Crippen LogP contribution in [0.3, 0.4) is 0 Å². The summed E-state index contributed by atoms with van der Waals surface area (Å²) in [7, 11) is 1.35. The first-order chi connectivity index (χ1) is 21.8. The predicted octanol–water partition coefficient (Wildman–Crippen LogP) is 0.194. The molecule has 1 heterocycles. The Morgan fingerprint density at radius 3 is 2.26 bits per heavy atom. The van der Waals surface area contributed by atoms with Crippen LogP contribution in [0.25, 0.3) is 0 Å². The molecule has 0 saturated carbocycles. The van der Waals surface area contributed by atoms with Gasteiger partial charge in [0.1, 0.15) is 30.0 Å². The molecule has 3 aliphatic rings. The number of aliphatic hydroxyl groups is 3. The van der Waals surface area contributed by atoms with Crippen molar-refractivity contribution in [2.75, 3.05) is 13.7 Å². The van der Waals surface area contributed by atoms with E-state index in [-0.39, 0.29) is 35.3 Å². The number of fused-ring (bicyclic) bond motifs is 3. The van der Waals surface area contributed by atoms with Crippen molar-refractivity contribution in [3.05, 3.63) is 51.6 Å². The van der Waals surface area contributed by atoms with Gasteiger partial charge in [-0.05, 0) is 25.1 Å². The Bertz CT molecular complexity index is 1620. The van der Waals surface area contributed by atoms with Gasteiger partial charge in [0.15, 0.2) is 23.6 Å². The number of amides is 1. The van der Waals surface area contributed by atoms with Crippen LogP contribution in [-0.4, -0.2) is 104 Å². The van der Waals surface area contributed by atoms with Gasteiger partial charge >= 0.3 is 5.97 Å². The minimum absolute atomic E-state index is 0.0795. The third kappa shape index (κ3) is 5.71. The van der Waals surface area contributed by atoms with Crippen molar-refractivity contribution in [1.82, 2.24) is 5.32 Å². The third-order valence-electron chi connectivity index (χ3n) is 8.60. The van der Waals surface area contributed by atoms with E-state index in [4.69, 9.17) is 19.3 Å². The van der Waals surface area contributed by atoms with Gasteiger partial charge in [-0.25, -0.2) is 0 Å². The van der Waals surface area contributed by atoms with Crippen LogP contribution >= 0.6 is 0 Å². The smallest absolute Gasteiger partial charge is 0.303 e. The van der Waals surface area contributed by atoms with Gasteiger partial charge in [-0.3, -0.25) is 24.0 Å². The van der Waals surface area contributed by atoms with E-state index in [0.717, 1.165) is 0 Å². The minimum atomic E-state index is -1.61. The summed E-state index contributed by atoms with van der Waals surface area (Å²) in [5, 5.41) is 66.0. The highest BCUT2D eigenvalue weighted by Crippen LogP contribution is 2.53. The van der Waals surface area contributed by atoms with Crippen molar-refractivity contribution in [3.63, 3.8) is 0 Å². The molecule has 7 N–H and O–H groups in total. The molecular weight excluding hydrogens is 610 g/mol. The Morgan fingerprint density at radius 2 is 1.63 bits per heavy atom. The number of rotatable bonds is 9. The van der Waals surface area contributed by atoms with E-state index in [1.807, 2.05) is 0 Å². The maximum Gasteiger partial charge on any atom is 0.303 e. The number of carbonyl (C=O) groups excluding carboxylic acids is 4. The van der Waals surface area contributed by atoms with Crippen LogP contribution in [0.15, 0.2) is 18.2 Å². The molecule has 46 heavy (non-hydrogen) atoms. The molecular formula is C31H33NO14. The third-order valence-corrected chi connectivity index (χ3v) is 8.60. The summed E-state index contributed by atoms with van der Waals surface area (Å²) in [6, 6.07) is 3.11. The summed E-state index contributed by atoms with van der Waals surface area (Å²) in [6.45, 7) is 0.438. The second-order valence-electron chi connectivity index (χ2n) is 11.4. The molecule has 0 aromatic heterocycles. The lowest BCUT2D eigenvalue weighted by atomic mass is 9.71. The Morgan fingerprint density at radius 1 is 0.978 bits per heavy atom. The van der Waals surface area contributed by atoms with E-state index >= 15 is 0 Å². The monoisotopic (exact) mass is 643 g/mol. The zero-order valence-electron chi connectivity index (χ0n) is 24.8. The molecule has 1 fully saturated rings. The molecule has 1 saturated heterocycles. The van der Waals surface area contributed by atoms with E-state index in [9.17, 15) is 49.5 Å². The van der Waals surface area contributed by atoms with Crippen molar-refractivity contribution in [1.29, 1.82) is 0 Å². The Balaban J connectivity index is 1.56. The molecule has 2 aromatic carbocycles. The summed E-state index contributed by atoms with van der Waals surface area (Å²) >= 11 is 0. The molecule has 15 nitrogen and oxygen atoms in total. The number of aliphatic carboxylic acids is 1. The van der Waals surface area contributed by atoms with E-state index in [1.165, 1.54) is 32.2 Å². The zero-order valence-corrected chi connectivity index (χ0v) is 24.8. The lowest BCUT2D eigenvalue weighted by molar-refractivity contribution is -0.247. The second kappa shape index (κ2) is 12.8. The van der Waals surface area contributed by atoms with Crippen LogP contribution in [0.2, 0.25) is 0 Å². The normalized spacial score (nSPS) is 26.8. The van der Waals surface area contributed by atoms with Crippen molar-refractivity contribution in [3.8, 4) is 17.2 Å². The fourth-order valence-electron chi connectivity index (χ4n) is 6.38. The highest BCUT2D eigenvalue weighted by Gasteiger charge is 2.48. The zero-order chi connectivity index (χ0) is 33.6. The molecule has 246 valence electrons. The number of ether oxygens (including phenoxy) is 3. The molecule has 0 spiro atoms. The second-order valence-corrected chi connectivity index (χ2v) is 11.4. The average Bonchev–Trinajstić information content (AvgIpc) is 3.01. The summed E-state index contributed by atoms with van der Waals surface area (Å²) in [6.07, 6.45) is -7.65. The van der Waals surface area contributed by atoms with Gasteiger partial charge in [0.05, 0.1) is 54.9 Å². The molecule has 2 aliphatic carbocycles. The van der Waals surface area contributed by atoms with E-state index in [0.29, 0.717) is 0 Å². The SMILES string of the molecule is COc1ccc2c(c1)C(=O)c1c(O)c3c(c(O)c1C2=O)C(OC1CC(NC(=O)CCC(=O)O)C(O)C(C)O1)CC(O)C3C(=O)CO. The van der Waals surface area contributed by atoms with Crippen LogP contribution in [0, 0.1) is 0 Å². The van der Waals surface area contributed by atoms with Gasteiger partial charge in [0, 0.05) is 41.5 Å². The fourth-order valence-corrected chi connectivity index (χ4v) is 6.38. The summed E-state index contributed by atoms with van der Waals surface area (Å²) in [5.74, 6) is -7.43. The predicted molar refractivity (Wildman–Crippen MR) is 153 cm³/mol. The Hall–Kier alpha value is -4.41. The maximum atomic E-state index is 13.7. The molecule has 0 radical (unpaired) electrons. The number of aromatic hydroxyl groups is 2. The molecule has 5 rings (SSSR count). The highest BCUT2D eigenvalue weighted by molar-refractivity contribution is 6.30. The average molecular weight is 644 g/mol. The number of Topliss-reactive ketones (excluding diaryl/α,β-unsaturated/α-hetero) is 1. The topological polar surface area (TPSA) is 246 Å². The molecule has 7 atom stereocenters. The Kier molecular flexibility index (Phi) is 9.15. The number of hydrogen-bond acceptors (Lipinski definition) is 13. The molecule has 15 heteroatoms. The number of nitrogens with one attached hydrogen (secondary N) is 1. The van der Waals surface area contributed by atoms with E-state index < -0.39 is 120 Å². The van der Waals surface area contributed by atoms with Crippen LogP contribution in [0.5, 0.6) is 17.2 Å². The fraction of sp³-hybridized carbons (Fsp3) is 0.452. The molecule has 1 aliphatic heterocycles. The first kappa shape index (κ1) is 33.0. The van der Waals surface area contributed by atoms with Crippen molar-refractivity contribution in [2.45, 2.75) is 75.3 Å². The van der Waals surface area contributed by atoms with Gasteiger partial charge in [-0.1, -0.05) is 0 Å². The van der Waals surface area contributed by atoms with Crippen LogP contribution in [0.4, 0.5) is 0 Å². The van der Waals surface area contributed by atoms with Crippen LogP contribution in [0.1, 0.15) is 87.6 Å². The summed E-state index contributed by atoms with van der Waals surface area (Å²) in [5.41, 5.74) is -2.04. The van der Waals surface area contributed by atoms with Crippen LogP contribution < -0.4 is 10.1 Å². The first-order valence-corrected chi connectivity index (χ1v) is 14.5. The number of hydrogen-bond donors (Lipinski definition) is 7. The summed E-state index contributed by atoms with van der Waals surface area (Å²) in [4.78, 5) is 63.4. The number of ketones is 3. The lowest BCUT2D eigenvalue weighted by Gasteiger charge is -2.42. The number of phenolic OH excluding ortho intramolecular Hbond substituents is 2. The number of carboxylic acid groups (broad SMARTS) is 1. The lowest BCUT2D eigenvalue weighted by Crippen LogP contribution is -2.55. The van der Waals surface area contributed by atoms with Crippen molar-refractivity contribution >= 4 is 29.2 Å². The van der Waals surface area contributed by atoms with Crippen molar-refractivity contribution < 1.29 is 68.8 Å². The molecule has 7 unspecified atom stereocenters. The first-order valence-electron chi connectivity index (χ1n) is 14.5. The van der Waals surface area contributed by atoms with Gasteiger partial charge in [-0.2, -0.15) is 0 Å². The molecule has 2 aromatic rings. The number of methoxy groups -OCH3 is 1. The van der Waals surface area contributed by atoms with Crippen LogP contribution in [-0.2, 0) is 23.9 Å². The van der Waals surface area contributed by atoms with Crippen molar-refractivity contribution in [2.24, 2.45) is 0 Å². The molecule has 1 amide bonds. The largest absolute Gasteiger partial charge is 0.507 e. The standard InChI is InChI=1S/C31H33NO14/c1-11-27(39)15(32-19(36)5-6-20(37)38)8-21(45-11)46-18-9-16(34)22(17(35)10-33)24-23(18)30(42)25-26(31(24)43)29(41)14-7-12(44-2)3-4-13(14)28(25)40/h3-4,7,11,15-16,18,21-22,27,33-34,39,42-43H,5-6,8-10H2,1-2H3,(H,32,36)(H,37,38). The number of phenols is 2. The maximum absolute atomic E-state index is 13.7. The number of carboxylic acids is 1.